The number of hydrogen-bond donors (Lipinski definition) is 3. The second-order valence-corrected chi connectivity index (χ2v) is 10.1. The predicted molar refractivity (Wildman–Crippen MR) is 140 cm³/mol. The fraction of sp³-hybridized carbons (Fsp3) is 0.556. The Bertz CT molecular complexity index is 1160. The van der Waals surface area contributed by atoms with Crippen LogP contribution in [0.3, 0.4) is 0 Å². The Morgan fingerprint density at radius 2 is 1.89 bits per heavy atom. The molecule has 10 heteroatoms. The average Bonchev–Trinajstić information content (AvgIpc) is 3.49. The number of fused-ring (bicyclic) bond motifs is 1. The number of aromatic nitrogens is 1. The van der Waals surface area contributed by atoms with E-state index < -0.39 is 23.9 Å². The molecule has 0 bridgehead atoms. The molecule has 2 aromatic rings. The van der Waals surface area contributed by atoms with E-state index in [9.17, 15) is 19.2 Å². The number of nitrogens with two attached hydrogens (primary N) is 2. The number of piperidine rings is 1. The van der Waals surface area contributed by atoms with E-state index in [1.54, 1.807) is 0 Å². The van der Waals surface area contributed by atoms with Crippen LogP contribution in [-0.2, 0) is 32.1 Å². The van der Waals surface area contributed by atoms with Crippen molar-refractivity contribution in [1.29, 1.82) is 0 Å². The van der Waals surface area contributed by atoms with Gasteiger partial charge in [-0.1, -0.05) is 18.2 Å². The van der Waals surface area contributed by atoms with Crippen molar-refractivity contribution in [2.75, 3.05) is 19.6 Å². The molecule has 37 heavy (non-hydrogen) atoms. The van der Waals surface area contributed by atoms with E-state index in [-0.39, 0.29) is 30.8 Å². The molecule has 0 saturated carbocycles. The molecule has 0 spiro atoms. The third-order valence-electron chi connectivity index (χ3n) is 7.61. The van der Waals surface area contributed by atoms with Gasteiger partial charge in [0.15, 0.2) is 0 Å². The molecular weight excluding hydrogens is 472 g/mol. The molecule has 5 N–H and O–H groups in total. The lowest BCUT2D eigenvalue weighted by Crippen LogP contribution is -2.55. The molecule has 2 fully saturated rings. The van der Waals surface area contributed by atoms with Crippen molar-refractivity contribution >= 4 is 34.5 Å². The van der Waals surface area contributed by atoms with Gasteiger partial charge in [0.2, 0.25) is 23.6 Å². The standard InChI is InChI=1S/C27H38N6O4/c1-2-32-20(15-18-7-3-4-10-23(18)32)12-11-19-8-5-14-33(19)25(35)17-31-13-6-9-22(27(31)37)30-24(34)16-21(28)26(29)36/h3-4,7,10,15,19,21-22H,2,5-6,8-9,11-14,16-17,28H2,1H3,(H2,29,36)(H,30,34)/t19-,21+,22-/m0/s1. The molecule has 1 aromatic carbocycles. The Balaban J connectivity index is 1.33. The molecule has 0 aliphatic carbocycles. The molecule has 2 aliphatic rings. The van der Waals surface area contributed by atoms with Crippen LogP contribution >= 0.6 is 0 Å². The van der Waals surface area contributed by atoms with Crippen LogP contribution in [0.4, 0.5) is 0 Å². The van der Waals surface area contributed by atoms with Gasteiger partial charge >= 0.3 is 0 Å². The van der Waals surface area contributed by atoms with Crippen molar-refractivity contribution < 1.29 is 19.2 Å². The van der Waals surface area contributed by atoms with Crippen LogP contribution in [0.2, 0.25) is 0 Å². The number of primary amides is 1. The number of aryl methyl sites for hydroxylation is 2. The van der Waals surface area contributed by atoms with E-state index in [1.807, 2.05) is 4.90 Å². The van der Waals surface area contributed by atoms with Crippen LogP contribution in [-0.4, -0.2) is 75.8 Å². The Morgan fingerprint density at radius 3 is 2.65 bits per heavy atom. The maximum Gasteiger partial charge on any atom is 0.245 e. The predicted octanol–water partition coefficient (Wildman–Crippen LogP) is 0.895. The van der Waals surface area contributed by atoms with E-state index in [2.05, 4.69) is 47.1 Å². The number of nitrogens with zero attached hydrogens (tertiary/aromatic N) is 3. The van der Waals surface area contributed by atoms with Gasteiger partial charge in [-0.3, -0.25) is 19.2 Å². The normalized spacial score (nSPS) is 20.9. The van der Waals surface area contributed by atoms with Crippen molar-refractivity contribution in [3.05, 3.63) is 36.0 Å². The minimum Gasteiger partial charge on any atom is -0.368 e. The monoisotopic (exact) mass is 510 g/mol. The zero-order valence-corrected chi connectivity index (χ0v) is 21.5. The van der Waals surface area contributed by atoms with Gasteiger partial charge in [0, 0.05) is 36.9 Å². The number of likely N-dealkylation sites (tertiary alicyclic amines) is 2. The maximum absolute atomic E-state index is 13.3. The fourth-order valence-corrected chi connectivity index (χ4v) is 5.67. The lowest BCUT2D eigenvalue weighted by atomic mass is 10.0. The summed E-state index contributed by atoms with van der Waals surface area (Å²) in [5.74, 6) is -1.59. The molecule has 0 unspecified atom stereocenters. The summed E-state index contributed by atoms with van der Waals surface area (Å²) in [5, 5.41) is 3.89. The first-order valence-electron chi connectivity index (χ1n) is 13.3. The number of rotatable bonds is 10. The molecule has 200 valence electrons. The zero-order chi connectivity index (χ0) is 26.5. The van der Waals surface area contributed by atoms with Crippen molar-refractivity contribution in [1.82, 2.24) is 19.7 Å². The summed E-state index contributed by atoms with van der Waals surface area (Å²) < 4.78 is 2.34. The summed E-state index contributed by atoms with van der Waals surface area (Å²) in [7, 11) is 0. The minimum atomic E-state index is -1.10. The number of carbonyl (C=O) groups excluding carboxylic acids is 4. The fourth-order valence-electron chi connectivity index (χ4n) is 5.67. The maximum atomic E-state index is 13.3. The van der Waals surface area contributed by atoms with Gasteiger partial charge in [-0.2, -0.15) is 0 Å². The highest BCUT2D eigenvalue weighted by Crippen LogP contribution is 2.26. The zero-order valence-electron chi connectivity index (χ0n) is 21.5. The van der Waals surface area contributed by atoms with Crippen molar-refractivity contribution in [3.8, 4) is 0 Å². The van der Waals surface area contributed by atoms with Crippen LogP contribution in [0, 0.1) is 0 Å². The summed E-state index contributed by atoms with van der Waals surface area (Å²) in [6, 6.07) is 8.97. The number of benzene rings is 1. The Morgan fingerprint density at radius 1 is 1.14 bits per heavy atom. The van der Waals surface area contributed by atoms with Crippen LogP contribution in [0.15, 0.2) is 30.3 Å². The topological polar surface area (TPSA) is 144 Å². The number of para-hydroxylation sites is 1. The second kappa shape index (κ2) is 11.8. The molecule has 10 nitrogen and oxygen atoms in total. The number of amides is 4. The van der Waals surface area contributed by atoms with E-state index in [0.29, 0.717) is 25.9 Å². The van der Waals surface area contributed by atoms with Gasteiger partial charge in [0.05, 0.1) is 19.0 Å². The largest absolute Gasteiger partial charge is 0.368 e. The number of nitrogens with one attached hydrogen (secondary N) is 1. The summed E-state index contributed by atoms with van der Waals surface area (Å²) >= 11 is 0. The molecule has 2 aliphatic heterocycles. The summed E-state index contributed by atoms with van der Waals surface area (Å²) in [4.78, 5) is 53.0. The van der Waals surface area contributed by atoms with E-state index in [4.69, 9.17) is 11.5 Å². The van der Waals surface area contributed by atoms with Crippen molar-refractivity contribution in [2.45, 2.75) is 76.5 Å². The molecule has 3 heterocycles. The van der Waals surface area contributed by atoms with Gasteiger partial charge in [-0.25, -0.2) is 0 Å². The summed E-state index contributed by atoms with van der Waals surface area (Å²) in [6.07, 6.45) is 4.58. The molecule has 4 rings (SSSR count). The molecular formula is C27H38N6O4. The quantitative estimate of drug-likeness (QED) is 0.435. The summed E-state index contributed by atoms with van der Waals surface area (Å²) in [6.45, 7) is 4.25. The van der Waals surface area contributed by atoms with E-state index in [1.165, 1.54) is 21.5 Å². The van der Waals surface area contributed by atoms with E-state index in [0.717, 1.165) is 32.2 Å². The van der Waals surface area contributed by atoms with Gasteiger partial charge in [0.25, 0.3) is 0 Å². The molecule has 2 saturated heterocycles. The highest BCUT2D eigenvalue weighted by Gasteiger charge is 2.35. The molecule has 4 amide bonds. The van der Waals surface area contributed by atoms with E-state index >= 15 is 0 Å². The van der Waals surface area contributed by atoms with Gasteiger partial charge in [-0.05, 0) is 63.0 Å². The first-order valence-corrected chi connectivity index (χ1v) is 13.3. The lowest BCUT2D eigenvalue weighted by Gasteiger charge is -2.34. The van der Waals surface area contributed by atoms with Gasteiger partial charge < -0.3 is 31.2 Å². The lowest BCUT2D eigenvalue weighted by molar-refractivity contribution is -0.145. The Hall–Kier alpha value is -3.40. The van der Waals surface area contributed by atoms with Crippen LogP contribution in [0.5, 0.6) is 0 Å². The Labute approximate surface area is 217 Å². The molecule has 0 radical (unpaired) electrons. The first-order chi connectivity index (χ1) is 17.8. The van der Waals surface area contributed by atoms with Crippen molar-refractivity contribution in [2.24, 2.45) is 11.5 Å². The highest BCUT2D eigenvalue weighted by molar-refractivity contribution is 5.93. The SMILES string of the molecule is CCn1c(CC[C@@H]2CCCN2C(=O)CN2CCC[C@H](NC(=O)C[C@@H](N)C(N)=O)C2=O)cc2ccccc21. The van der Waals surface area contributed by atoms with Gasteiger partial charge in [0.1, 0.15) is 6.04 Å². The highest BCUT2D eigenvalue weighted by atomic mass is 16.2. The minimum absolute atomic E-state index is 0.0116. The number of hydrogen-bond acceptors (Lipinski definition) is 5. The van der Waals surface area contributed by atoms with Crippen LogP contribution < -0.4 is 16.8 Å². The molecule has 1 aromatic heterocycles. The third-order valence-corrected chi connectivity index (χ3v) is 7.61. The van der Waals surface area contributed by atoms with Gasteiger partial charge in [-0.15, -0.1) is 0 Å². The van der Waals surface area contributed by atoms with Crippen LogP contribution in [0.1, 0.15) is 51.1 Å². The van der Waals surface area contributed by atoms with Crippen LogP contribution in [0.25, 0.3) is 10.9 Å². The van der Waals surface area contributed by atoms with Crippen molar-refractivity contribution in [3.63, 3.8) is 0 Å². The number of carbonyl (C=O) groups is 4. The first kappa shape index (κ1) is 26.7. The molecule has 3 atom stereocenters. The Kier molecular flexibility index (Phi) is 8.48. The third kappa shape index (κ3) is 6.12. The average molecular weight is 511 g/mol. The smallest absolute Gasteiger partial charge is 0.245 e. The second-order valence-electron chi connectivity index (χ2n) is 10.1. The summed E-state index contributed by atoms with van der Waals surface area (Å²) in [5.41, 5.74) is 13.2.